The highest BCUT2D eigenvalue weighted by Gasteiger charge is 2.23. The second-order valence-electron chi connectivity index (χ2n) is 6.63. The Morgan fingerprint density at radius 1 is 1.12 bits per heavy atom. The molecule has 25 heavy (non-hydrogen) atoms. The molecule has 0 unspecified atom stereocenters. The van der Waals surface area contributed by atoms with Gasteiger partial charge in [-0.1, -0.05) is 12.1 Å². The zero-order valence-corrected chi connectivity index (χ0v) is 13.8. The number of nitrogen functional groups attached to an aromatic ring is 1. The second kappa shape index (κ2) is 6.33. The van der Waals surface area contributed by atoms with E-state index in [4.69, 9.17) is 16.5 Å². The third-order valence-electron chi connectivity index (χ3n) is 4.80. The quantitative estimate of drug-likeness (QED) is 0.681. The van der Waals surface area contributed by atoms with E-state index in [0.717, 1.165) is 31.4 Å². The molecule has 0 aliphatic heterocycles. The van der Waals surface area contributed by atoms with E-state index in [1.807, 2.05) is 6.20 Å². The van der Waals surface area contributed by atoms with Crippen molar-refractivity contribution >= 4 is 22.8 Å². The number of benzene rings is 1. The van der Waals surface area contributed by atoms with E-state index in [1.165, 1.54) is 6.07 Å². The minimum absolute atomic E-state index is 0.292. The van der Waals surface area contributed by atoms with E-state index in [0.29, 0.717) is 34.8 Å². The SMILES string of the molecule is Nc1cc(Nc2ccccc2F)c2nc([C@H]3CC[C@H](N)CC3)cn2n1. The van der Waals surface area contributed by atoms with Gasteiger partial charge in [0.05, 0.1) is 23.3 Å². The predicted molar refractivity (Wildman–Crippen MR) is 96.3 cm³/mol. The van der Waals surface area contributed by atoms with Gasteiger partial charge in [-0.25, -0.2) is 13.9 Å². The standard InChI is InChI=1S/C18H21FN6/c19-13-3-1-2-4-14(13)22-15-9-17(21)24-25-10-16(23-18(15)25)11-5-7-12(20)8-6-11/h1-4,9-12,22H,5-8,20H2,(H2,21,24)/t11-,12-. The summed E-state index contributed by atoms with van der Waals surface area (Å²) < 4.78 is 15.6. The van der Waals surface area contributed by atoms with E-state index in [9.17, 15) is 4.39 Å². The summed E-state index contributed by atoms with van der Waals surface area (Å²) in [7, 11) is 0. The number of imidazole rings is 1. The van der Waals surface area contributed by atoms with Crippen molar-refractivity contribution in [1.29, 1.82) is 0 Å². The van der Waals surface area contributed by atoms with Crippen LogP contribution in [0.15, 0.2) is 36.5 Å². The third-order valence-corrected chi connectivity index (χ3v) is 4.80. The molecule has 2 heterocycles. The van der Waals surface area contributed by atoms with Crippen molar-refractivity contribution in [3.8, 4) is 0 Å². The van der Waals surface area contributed by atoms with Gasteiger partial charge in [0, 0.05) is 18.0 Å². The summed E-state index contributed by atoms with van der Waals surface area (Å²) in [6.07, 6.45) is 5.98. The van der Waals surface area contributed by atoms with E-state index in [2.05, 4.69) is 10.4 Å². The molecule has 130 valence electrons. The fourth-order valence-electron chi connectivity index (χ4n) is 3.43. The van der Waals surface area contributed by atoms with Gasteiger partial charge in [-0.15, -0.1) is 5.10 Å². The Balaban J connectivity index is 1.71. The van der Waals surface area contributed by atoms with Gasteiger partial charge in [-0.05, 0) is 37.8 Å². The molecule has 1 saturated carbocycles. The van der Waals surface area contributed by atoms with Crippen molar-refractivity contribution in [3.05, 3.63) is 48.0 Å². The Labute approximate surface area is 145 Å². The van der Waals surface area contributed by atoms with Crippen molar-refractivity contribution in [3.63, 3.8) is 0 Å². The molecular weight excluding hydrogens is 319 g/mol. The molecule has 7 heteroatoms. The Kier molecular flexibility index (Phi) is 4.01. The average Bonchev–Trinajstić information content (AvgIpc) is 3.01. The maximum atomic E-state index is 14.0. The zero-order valence-electron chi connectivity index (χ0n) is 13.8. The highest BCUT2D eigenvalue weighted by Crippen LogP contribution is 2.33. The van der Waals surface area contributed by atoms with Gasteiger partial charge in [-0.3, -0.25) is 0 Å². The van der Waals surface area contributed by atoms with Crippen LogP contribution in [0.5, 0.6) is 0 Å². The summed E-state index contributed by atoms with van der Waals surface area (Å²) in [5.74, 6) is 0.397. The summed E-state index contributed by atoms with van der Waals surface area (Å²) in [4.78, 5) is 4.75. The van der Waals surface area contributed by atoms with Crippen molar-refractivity contribution in [2.45, 2.75) is 37.6 Å². The van der Waals surface area contributed by atoms with Crippen LogP contribution in [0, 0.1) is 5.82 Å². The Morgan fingerprint density at radius 3 is 2.64 bits per heavy atom. The first kappa shape index (κ1) is 15.8. The zero-order chi connectivity index (χ0) is 17.4. The first-order valence-corrected chi connectivity index (χ1v) is 8.53. The van der Waals surface area contributed by atoms with Crippen LogP contribution in [0.4, 0.5) is 21.6 Å². The van der Waals surface area contributed by atoms with Gasteiger partial charge in [0.25, 0.3) is 0 Å². The van der Waals surface area contributed by atoms with Crippen LogP contribution in [0.2, 0.25) is 0 Å². The number of rotatable bonds is 3. The molecule has 6 nitrogen and oxygen atoms in total. The number of aromatic nitrogens is 3. The molecule has 5 N–H and O–H groups in total. The van der Waals surface area contributed by atoms with Crippen LogP contribution in [-0.2, 0) is 0 Å². The summed E-state index contributed by atoms with van der Waals surface area (Å²) in [6.45, 7) is 0. The number of hydrogen-bond donors (Lipinski definition) is 3. The highest BCUT2D eigenvalue weighted by atomic mass is 19.1. The van der Waals surface area contributed by atoms with Crippen molar-refractivity contribution in [2.24, 2.45) is 5.73 Å². The van der Waals surface area contributed by atoms with Crippen LogP contribution in [0.25, 0.3) is 5.65 Å². The first-order chi connectivity index (χ1) is 12.1. The van der Waals surface area contributed by atoms with E-state index in [1.54, 1.807) is 28.8 Å². The molecule has 1 aliphatic rings. The van der Waals surface area contributed by atoms with Crippen LogP contribution in [0.3, 0.4) is 0 Å². The second-order valence-corrected chi connectivity index (χ2v) is 6.63. The van der Waals surface area contributed by atoms with Gasteiger partial charge in [-0.2, -0.15) is 0 Å². The Hall–Kier alpha value is -2.67. The van der Waals surface area contributed by atoms with E-state index >= 15 is 0 Å². The number of fused-ring (bicyclic) bond motifs is 1. The number of halogens is 1. The Morgan fingerprint density at radius 2 is 1.88 bits per heavy atom. The molecule has 0 spiro atoms. The monoisotopic (exact) mass is 340 g/mol. The van der Waals surface area contributed by atoms with Gasteiger partial charge < -0.3 is 16.8 Å². The summed E-state index contributed by atoms with van der Waals surface area (Å²) in [5, 5.41) is 7.39. The van der Waals surface area contributed by atoms with E-state index < -0.39 is 0 Å². The van der Waals surface area contributed by atoms with Crippen molar-refractivity contribution in [2.75, 3.05) is 11.1 Å². The number of anilines is 3. The molecule has 4 rings (SSSR count). The Bertz CT molecular complexity index is 898. The molecule has 2 aromatic heterocycles. The lowest BCUT2D eigenvalue weighted by atomic mass is 9.85. The lowest BCUT2D eigenvalue weighted by Gasteiger charge is -2.24. The topological polar surface area (TPSA) is 94.3 Å². The highest BCUT2D eigenvalue weighted by molar-refractivity contribution is 5.75. The molecule has 0 bridgehead atoms. The maximum absolute atomic E-state index is 14.0. The number of nitrogens with two attached hydrogens (primary N) is 2. The van der Waals surface area contributed by atoms with Gasteiger partial charge in [0.2, 0.25) is 0 Å². The number of nitrogens with zero attached hydrogens (tertiary/aromatic N) is 3. The summed E-state index contributed by atoms with van der Waals surface area (Å²) >= 11 is 0. The third kappa shape index (κ3) is 3.15. The number of nitrogens with one attached hydrogen (secondary N) is 1. The number of hydrogen-bond acceptors (Lipinski definition) is 5. The summed E-state index contributed by atoms with van der Waals surface area (Å²) in [6, 6.07) is 8.48. The average molecular weight is 340 g/mol. The maximum Gasteiger partial charge on any atom is 0.177 e. The molecule has 0 atom stereocenters. The molecular formula is C18H21FN6. The van der Waals surface area contributed by atoms with Crippen LogP contribution < -0.4 is 16.8 Å². The van der Waals surface area contributed by atoms with Gasteiger partial charge in [0.15, 0.2) is 5.65 Å². The van der Waals surface area contributed by atoms with E-state index in [-0.39, 0.29) is 5.82 Å². The van der Waals surface area contributed by atoms with Crippen molar-refractivity contribution < 1.29 is 4.39 Å². The van der Waals surface area contributed by atoms with Crippen LogP contribution in [0.1, 0.15) is 37.3 Å². The molecule has 0 amide bonds. The molecule has 1 aliphatic carbocycles. The van der Waals surface area contributed by atoms with Crippen LogP contribution >= 0.6 is 0 Å². The smallest absolute Gasteiger partial charge is 0.177 e. The molecule has 3 aromatic rings. The molecule has 0 saturated heterocycles. The van der Waals surface area contributed by atoms with Gasteiger partial charge >= 0.3 is 0 Å². The fraction of sp³-hybridized carbons (Fsp3) is 0.333. The minimum Gasteiger partial charge on any atom is -0.382 e. The largest absolute Gasteiger partial charge is 0.382 e. The molecule has 1 aromatic carbocycles. The lowest BCUT2D eigenvalue weighted by molar-refractivity contribution is 0.391. The lowest BCUT2D eigenvalue weighted by Crippen LogP contribution is -2.25. The van der Waals surface area contributed by atoms with Crippen molar-refractivity contribution in [1.82, 2.24) is 14.6 Å². The minimum atomic E-state index is -0.330. The van der Waals surface area contributed by atoms with Gasteiger partial charge in [0.1, 0.15) is 11.6 Å². The first-order valence-electron chi connectivity index (χ1n) is 8.53. The normalized spacial score (nSPS) is 20.7. The molecule has 0 radical (unpaired) electrons. The fourth-order valence-corrected chi connectivity index (χ4v) is 3.43. The predicted octanol–water partition coefficient (Wildman–Crippen LogP) is 3.18. The van der Waals surface area contributed by atoms with Crippen LogP contribution in [-0.4, -0.2) is 20.6 Å². The number of para-hydroxylation sites is 1. The molecule has 1 fully saturated rings. The summed E-state index contributed by atoms with van der Waals surface area (Å²) in [5.41, 5.74) is 14.5.